The number of hydrogen-bond acceptors (Lipinski definition) is 3. The lowest BCUT2D eigenvalue weighted by Crippen LogP contribution is -2.15. The zero-order valence-corrected chi connectivity index (χ0v) is 5.83. The molecule has 0 bridgehead atoms. The number of nitrogens with one attached hydrogen (secondary N) is 1. The van der Waals surface area contributed by atoms with E-state index in [0.717, 1.165) is 0 Å². The van der Waals surface area contributed by atoms with Crippen molar-refractivity contribution in [3.8, 4) is 12.3 Å². The van der Waals surface area contributed by atoms with Gasteiger partial charge in [-0.05, 0) is 0 Å². The summed E-state index contributed by atoms with van der Waals surface area (Å²) in [7, 11) is 0. The number of aromatic amines is 1. The van der Waals surface area contributed by atoms with Gasteiger partial charge >= 0.3 is 5.63 Å². The summed E-state index contributed by atoms with van der Waals surface area (Å²) in [5.41, 5.74) is 5.47. The molecule has 0 spiro atoms. The molecule has 4 heteroatoms. The van der Waals surface area contributed by atoms with Crippen molar-refractivity contribution in [2.24, 2.45) is 5.73 Å². The van der Waals surface area contributed by atoms with Crippen molar-refractivity contribution in [3.05, 3.63) is 22.2 Å². The largest absolute Gasteiger partial charge is 0.361 e. The van der Waals surface area contributed by atoms with E-state index < -0.39 is 11.7 Å². The Kier molecular flexibility index (Phi) is 2.14. The summed E-state index contributed by atoms with van der Waals surface area (Å²) in [5.74, 6) is 2.36. The number of rotatable bonds is 2. The Labute approximate surface area is 63.4 Å². The third-order valence-electron chi connectivity index (χ3n) is 1.34. The van der Waals surface area contributed by atoms with Gasteiger partial charge in [-0.3, -0.25) is 0 Å². The van der Waals surface area contributed by atoms with Crippen LogP contribution < -0.4 is 11.4 Å². The van der Waals surface area contributed by atoms with Gasteiger partial charge in [0.25, 0.3) is 0 Å². The zero-order valence-electron chi connectivity index (χ0n) is 5.83. The minimum Gasteiger partial charge on any atom is -0.339 e. The first-order valence-electron chi connectivity index (χ1n) is 3.11. The molecule has 0 fully saturated rings. The first-order chi connectivity index (χ1) is 5.25. The second-order valence-corrected chi connectivity index (χ2v) is 2.12. The molecule has 1 rings (SSSR count). The molecule has 0 aliphatic carbocycles. The van der Waals surface area contributed by atoms with Crippen LogP contribution in [0.5, 0.6) is 0 Å². The van der Waals surface area contributed by atoms with Crippen molar-refractivity contribution in [1.29, 1.82) is 0 Å². The summed E-state index contributed by atoms with van der Waals surface area (Å²) in [6, 6.07) is -0.428. The number of nitrogens with two attached hydrogens (primary N) is 1. The van der Waals surface area contributed by atoms with E-state index in [-0.39, 0.29) is 0 Å². The monoisotopic (exact) mass is 152 g/mol. The Morgan fingerprint density at radius 2 is 2.64 bits per heavy atom. The molecular weight excluding hydrogens is 144 g/mol. The van der Waals surface area contributed by atoms with Crippen molar-refractivity contribution in [2.45, 2.75) is 12.5 Å². The highest BCUT2D eigenvalue weighted by atomic mass is 16.5. The van der Waals surface area contributed by atoms with Gasteiger partial charge in [0.05, 0.1) is 5.56 Å². The van der Waals surface area contributed by atoms with Gasteiger partial charge in [-0.25, -0.2) is 9.95 Å². The fourth-order valence-electron chi connectivity index (χ4n) is 0.760. The maximum absolute atomic E-state index is 10.8. The van der Waals surface area contributed by atoms with E-state index in [1.54, 1.807) is 0 Å². The van der Waals surface area contributed by atoms with Gasteiger partial charge in [-0.15, -0.1) is 12.3 Å². The van der Waals surface area contributed by atoms with Gasteiger partial charge in [0.15, 0.2) is 0 Å². The van der Waals surface area contributed by atoms with Crippen LogP contribution >= 0.6 is 0 Å². The van der Waals surface area contributed by atoms with Gasteiger partial charge in [0.1, 0.15) is 0 Å². The fraction of sp³-hybridized carbons (Fsp3) is 0.286. The zero-order chi connectivity index (χ0) is 8.27. The summed E-state index contributed by atoms with van der Waals surface area (Å²) in [4.78, 5) is 10.8. The van der Waals surface area contributed by atoms with E-state index in [1.165, 1.54) is 6.20 Å². The van der Waals surface area contributed by atoms with Gasteiger partial charge in [-0.2, -0.15) is 0 Å². The Bertz CT molecular complexity index is 318. The molecule has 0 aromatic carbocycles. The predicted molar refractivity (Wildman–Crippen MR) is 39.7 cm³/mol. The van der Waals surface area contributed by atoms with Crippen LogP contribution in [-0.4, -0.2) is 5.16 Å². The first-order valence-corrected chi connectivity index (χ1v) is 3.11. The lowest BCUT2D eigenvalue weighted by Gasteiger charge is -1.99. The lowest BCUT2D eigenvalue weighted by molar-refractivity contribution is 0.389. The van der Waals surface area contributed by atoms with E-state index in [2.05, 4.69) is 15.6 Å². The Morgan fingerprint density at radius 1 is 1.91 bits per heavy atom. The van der Waals surface area contributed by atoms with Gasteiger partial charge in [0, 0.05) is 18.7 Å². The summed E-state index contributed by atoms with van der Waals surface area (Å²) in [5, 5.41) is 2.30. The van der Waals surface area contributed by atoms with Crippen LogP contribution in [0, 0.1) is 12.3 Å². The molecule has 1 aromatic heterocycles. The molecule has 11 heavy (non-hydrogen) atoms. The standard InChI is InChI=1S/C7H8N2O2/c1-2-3-6(8)5-4-9-11-7(5)10/h1,4,6,9H,3,8H2/t6-/m1/s1. The molecule has 1 atom stereocenters. The molecule has 58 valence electrons. The lowest BCUT2D eigenvalue weighted by atomic mass is 10.1. The molecular formula is C7H8N2O2. The van der Waals surface area contributed by atoms with Crippen molar-refractivity contribution >= 4 is 0 Å². The van der Waals surface area contributed by atoms with Crippen molar-refractivity contribution in [1.82, 2.24) is 5.16 Å². The fourth-order valence-corrected chi connectivity index (χ4v) is 0.760. The SMILES string of the molecule is C#CC[C@@H](N)c1c[nH]oc1=O. The van der Waals surface area contributed by atoms with Crippen LogP contribution in [0.4, 0.5) is 0 Å². The predicted octanol–water partition coefficient (Wildman–Crippen LogP) is -0.00900. The molecule has 0 aliphatic heterocycles. The molecule has 1 heterocycles. The van der Waals surface area contributed by atoms with Crippen molar-refractivity contribution in [3.63, 3.8) is 0 Å². The Balaban J connectivity index is 2.86. The second-order valence-electron chi connectivity index (χ2n) is 2.12. The highest BCUT2D eigenvalue weighted by Gasteiger charge is 2.10. The van der Waals surface area contributed by atoms with E-state index in [4.69, 9.17) is 12.2 Å². The average molecular weight is 152 g/mol. The van der Waals surface area contributed by atoms with E-state index in [9.17, 15) is 4.79 Å². The van der Waals surface area contributed by atoms with Crippen molar-refractivity contribution < 1.29 is 4.52 Å². The summed E-state index contributed by atoms with van der Waals surface area (Å²) in [6.07, 6.45) is 6.77. The number of H-pyrrole nitrogens is 1. The van der Waals surface area contributed by atoms with Crippen molar-refractivity contribution in [2.75, 3.05) is 0 Å². The van der Waals surface area contributed by atoms with Crippen LogP contribution in [-0.2, 0) is 0 Å². The van der Waals surface area contributed by atoms with E-state index in [0.29, 0.717) is 12.0 Å². The maximum atomic E-state index is 10.8. The molecule has 1 aromatic rings. The van der Waals surface area contributed by atoms with Crippen LogP contribution in [0.2, 0.25) is 0 Å². The highest BCUT2D eigenvalue weighted by Crippen LogP contribution is 2.06. The summed E-state index contributed by atoms with van der Waals surface area (Å²) >= 11 is 0. The molecule has 4 nitrogen and oxygen atoms in total. The minimum absolute atomic E-state index is 0.336. The van der Waals surface area contributed by atoms with Gasteiger partial charge in [-0.1, -0.05) is 0 Å². The Hall–Kier alpha value is -1.47. The van der Waals surface area contributed by atoms with Crippen LogP contribution in [0.25, 0.3) is 0 Å². The van der Waals surface area contributed by atoms with Crippen LogP contribution in [0.3, 0.4) is 0 Å². The quantitative estimate of drug-likeness (QED) is 0.585. The topological polar surface area (TPSA) is 72.0 Å². The molecule has 0 saturated heterocycles. The third-order valence-corrected chi connectivity index (χ3v) is 1.34. The number of terminal acetylenes is 1. The smallest absolute Gasteiger partial charge is 0.339 e. The highest BCUT2D eigenvalue weighted by molar-refractivity contribution is 5.10. The van der Waals surface area contributed by atoms with Crippen LogP contribution in [0.15, 0.2) is 15.5 Å². The normalized spacial score (nSPS) is 12.4. The molecule has 0 amide bonds. The molecule has 3 N–H and O–H groups in total. The van der Waals surface area contributed by atoms with Crippen LogP contribution in [0.1, 0.15) is 18.0 Å². The molecule has 0 unspecified atom stereocenters. The maximum Gasteiger partial charge on any atom is 0.361 e. The molecule has 0 saturated carbocycles. The molecule has 0 radical (unpaired) electrons. The van der Waals surface area contributed by atoms with E-state index in [1.807, 2.05) is 0 Å². The number of hydrogen-bond donors (Lipinski definition) is 2. The summed E-state index contributed by atoms with van der Waals surface area (Å²) < 4.78 is 4.40. The number of aromatic nitrogens is 1. The first kappa shape index (κ1) is 7.63. The molecule has 0 aliphatic rings. The minimum atomic E-state index is -0.451. The van der Waals surface area contributed by atoms with Gasteiger partial charge < -0.3 is 10.3 Å². The Morgan fingerprint density at radius 3 is 3.09 bits per heavy atom. The average Bonchev–Trinajstić information content (AvgIpc) is 2.36. The second kappa shape index (κ2) is 3.08. The third kappa shape index (κ3) is 1.51. The summed E-state index contributed by atoms with van der Waals surface area (Å²) in [6.45, 7) is 0. The van der Waals surface area contributed by atoms with E-state index >= 15 is 0 Å². The van der Waals surface area contributed by atoms with Gasteiger partial charge in [0.2, 0.25) is 0 Å².